The number of hydrogen-bond donors (Lipinski definition) is 3. The Bertz CT molecular complexity index is 1990. The second-order valence-corrected chi connectivity index (χ2v) is 11.3. The van der Waals surface area contributed by atoms with Crippen molar-refractivity contribution in [2.24, 2.45) is 0 Å². The molecule has 4 heterocycles. The van der Waals surface area contributed by atoms with E-state index in [2.05, 4.69) is 35.8 Å². The molecule has 11 nitrogen and oxygen atoms in total. The van der Waals surface area contributed by atoms with Gasteiger partial charge in [0.15, 0.2) is 11.3 Å². The van der Waals surface area contributed by atoms with Gasteiger partial charge in [-0.15, -0.1) is 10.2 Å². The molecular formula is C31H26F8N8O3. The van der Waals surface area contributed by atoms with Crippen LogP contribution in [0.2, 0.25) is 0 Å². The molecular weight excluding hydrogens is 684 g/mol. The third-order valence-corrected chi connectivity index (χ3v) is 7.47. The van der Waals surface area contributed by atoms with Crippen LogP contribution in [0.4, 0.5) is 35.1 Å². The number of H-pyrrole nitrogens is 1. The van der Waals surface area contributed by atoms with Crippen molar-refractivity contribution in [3.8, 4) is 11.1 Å². The van der Waals surface area contributed by atoms with Crippen molar-refractivity contribution < 1.29 is 49.8 Å². The SMILES string of the molecule is O=C(NCc1ccc(C(F)(F)F)nc1)c1cn(CCCCc2cc3c(-c4ccc(F)cc4F)c(C4CC4)[nH]c3nn2)nn1.O=C(O)C(F)(F)F. The zero-order valence-electron chi connectivity index (χ0n) is 25.6. The van der Waals surface area contributed by atoms with Gasteiger partial charge >= 0.3 is 18.3 Å². The molecule has 0 atom stereocenters. The van der Waals surface area contributed by atoms with E-state index in [-0.39, 0.29) is 18.2 Å². The molecule has 4 aromatic heterocycles. The summed E-state index contributed by atoms with van der Waals surface area (Å²) in [5, 5.41) is 27.0. The number of carboxylic acid groups (broad SMARTS) is 1. The number of aromatic amines is 1. The summed E-state index contributed by atoms with van der Waals surface area (Å²) in [5.41, 5.74) is 2.71. The number of halogens is 8. The first-order chi connectivity index (χ1) is 23.6. The van der Waals surface area contributed by atoms with Gasteiger partial charge in [0.05, 0.1) is 11.9 Å². The number of carbonyl (C=O) groups excluding carboxylic acids is 1. The molecule has 264 valence electrons. The van der Waals surface area contributed by atoms with E-state index in [0.29, 0.717) is 41.7 Å². The van der Waals surface area contributed by atoms with E-state index < -0.39 is 41.6 Å². The normalized spacial score (nSPS) is 13.2. The Hall–Kier alpha value is -5.49. The molecule has 1 saturated carbocycles. The van der Waals surface area contributed by atoms with Crippen LogP contribution in [0.1, 0.15) is 64.7 Å². The predicted octanol–water partition coefficient (Wildman–Crippen LogP) is 6.37. The topological polar surface area (TPSA) is 152 Å². The van der Waals surface area contributed by atoms with Gasteiger partial charge in [0.1, 0.15) is 17.3 Å². The number of aromatic nitrogens is 7. The highest BCUT2D eigenvalue weighted by Crippen LogP contribution is 2.47. The maximum absolute atomic E-state index is 14.8. The van der Waals surface area contributed by atoms with E-state index in [1.807, 2.05) is 6.07 Å². The van der Waals surface area contributed by atoms with Gasteiger partial charge in [-0.1, -0.05) is 11.3 Å². The molecule has 6 rings (SSSR count). The Morgan fingerprint density at radius 2 is 1.72 bits per heavy atom. The fraction of sp³-hybridized carbons (Fsp3) is 0.323. The minimum atomic E-state index is -5.08. The number of aryl methyl sites for hydroxylation is 2. The van der Waals surface area contributed by atoms with Crippen LogP contribution in [-0.4, -0.2) is 58.3 Å². The van der Waals surface area contributed by atoms with Crippen LogP contribution < -0.4 is 5.32 Å². The van der Waals surface area contributed by atoms with Crippen LogP contribution in [-0.2, 0) is 30.5 Å². The van der Waals surface area contributed by atoms with Gasteiger partial charge in [0.25, 0.3) is 5.91 Å². The standard InChI is InChI=1S/C29H25F5N8O.C2HF3O2/c30-18-7-8-20(22(31)11-18)25-21-12-19(38-40-27(21)37-26(25)17-5-6-17)3-1-2-10-42-15-23(39-41-42)28(43)36-14-16-4-9-24(35-13-16)29(32,33)34;3-2(4,5)1(6)7/h4,7-9,11-13,15,17H,1-3,5-6,10,14H2,(H,36,43)(H,37,40);(H,6,7). The fourth-order valence-electron chi connectivity index (χ4n) is 4.89. The second-order valence-electron chi connectivity index (χ2n) is 11.3. The number of amides is 1. The molecule has 1 aromatic carbocycles. The summed E-state index contributed by atoms with van der Waals surface area (Å²) in [6.07, 6.45) is -3.05. The Morgan fingerprint density at radius 3 is 2.34 bits per heavy atom. The lowest BCUT2D eigenvalue weighted by molar-refractivity contribution is -0.192. The molecule has 0 aliphatic heterocycles. The third kappa shape index (κ3) is 8.94. The molecule has 50 heavy (non-hydrogen) atoms. The van der Waals surface area contributed by atoms with E-state index in [1.165, 1.54) is 29.1 Å². The molecule has 3 N–H and O–H groups in total. The van der Waals surface area contributed by atoms with Gasteiger partial charge in [-0.25, -0.2) is 13.6 Å². The second kappa shape index (κ2) is 14.6. The molecule has 1 aliphatic rings. The monoisotopic (exact) mass is 710 g/mol. The van der Waals surface area contributed by atoms with E-state index in [9.17, 15) is 39.9 Å². The molecule has 0 spiro atoms. The van der Waals surface area contributed by atoms with Gasteiger partial charge in [-0.05, 0) is 67.9 Å². The number of nitrogens with one attached hydrogen (secondary N) is 2. The summed E-state index contributed by atoms with van der Waals surface area (Å²) in [6, 6.07) is 7.59. The number of nitrogens with zero attached hydrogens (tertiary/aromatic N) is 6. The quantitative estimate of drug-likeness (QED) is 0.112. The van der Waals surface area contributed by atoms with E-state index in [4.69, 9.17) is 9.90 Å². The minimum Gasteiger partial charge on any atom is -0.475 e. The molecule has 1 aliphatic carbocycles. The van der Waals surface area contributed by atoms with Crippen molar-refractivity contribution in [3.05, 3.63) is 88.8 Å². The highest BCUT2D eigenvalue weighted by Gasteiger charge is 2.38. The first-order valence-corrected chi connectivity index (χ1v) is 14.9. The number of rotatable bonds is 10. The highest BCUT2D eigenvalue weighted by atomic mass is 19.4. The van der Waals surface area contributed by atoms with Crippen LogP contribution >= 0.6 is 0 Å². The van der Waals surface area contributed by atoms with Crippen LogP contribution in [0.15, 0.2) is 48.8 Å². The summed E-state index contributed by atoms with van der Waals surface area (Å²) >= 11 is 0. The Kier molecular flexibility index (Phi) is 10.4. The van der Waals surface area contributed by atoms with Gasteiger partial charge < -0.3 is 15.4 Å². The number of aliphatic carboxylic acids is 1. The molecule has 19 heteroatoms. The molecule has 0 saturated heterocycles. The van der Waals surface area contributed by atoms with Crippen molar-refractivity contribution in [1.29, 1.82) is 0 Å². The molecule has 0 bridgehead atoms. The maximum Gasteiger partial charge on any atom is 0.490 e. The molecule has 5 aromatic rings. The molecule has 1 fully saturated rings. The summed E-state index contributed by atoms with van der Waals surface area (Å²) in [6.45, 7) is 0.474. The summed E-state index contributed by atoms with van der Waals surface area (Å²) in [7, 11) is 0. The molecule has 0 radical (unpaired) electrons. The number of benzene rings is 1. The number of alkyl halides is 6. The average Bonchev–Trinajstić information content (AvgIpc) is 3.67. The largest absolute Gasteiger partial charge is 0.490 e. The van der Waals surface area contributed by atoms with E-state index in [1.54, 1.807) is 0 Å². The summed E-state index contributed by atoms with van der Waals surface area (Å²) < 4.78 is 99.6. The lowest BCUT2D eigenvalue weighted by Gasteiger charge is -2.07. The van der Waals surface area contributed by atoms with Crippen molar-refractivity contribution in [3.63, 3.8) is 0 Å². The first kappa shape index (κ1) is 35.8. The van der Waals surface area contributed by atoms with E-state index in [0.717, 1.165) is 54.4 Å². The van der Waals surface area contributed by atoms with Crippen molar-refractivity contribution >= 4 is 22.9 Å². The maximum atomic E-state index is 14.8. The lowest BCUT2D eigenvalue weighted by atomic mass is 9.99. The van der Waals surface area contributed by atoms with Gasteiger partial charge in [0.2, 0.25) is 0 Å². The third-order valence-electron chi connectivity index (χ3n) is 7.47. The number of pyridine rings is 1. The summed E-state index contributed by atoms with van der Waals surface area (Å²) in [5.74, 6) is -4.25. The Balaban J connectivity index is 0.000000630. The van der Waals surface area contributed by atoms with Gasteiger partial charge in [-0.2, -0.15) is 31.4 Å². The number of unbranched alkanes of at least 4 members (excludes halogenated alkanes) is 1. The van der Waals surface area contributed by atoms with Gasteiger partial charge in [0, 0.05) is 47.6 Å². The van der Waals surface area contributed by atoms with Crippen LogP contribution in [0.3, 0.4) is 0 Å². The van der Waals surface area contributed by atoms with Gasteiger partial charge in [-0.3, -0.25) is 14.5 Å². The lowest BCUT2D eigenvalue weighted by Crippen LogP contribution is -2.23. The number of carboxylic acids is 1. The van der Waals surface area contributed by atoms with Crippen molar-refractivity contribution in [2.45, 2.75) is 63.5 Å². The highest BCUT2D eigenvalue weighted by molar-refractivity contribution is 5.96. The van der Waals surface area contributed by atoms with Crippen LogP contribution in [0, 0.1) is 11.6 Å². The number of carbonyl (C=O) groups is 2. The predicted molar refractivity (Wildman–Crippen MR) is 158 cm³/mol. The van der Waals surface area contributed by atoms with E-state index >= 15 is 0 Å². The Morgan fingerprint density at radius 1 is 0.980 bits per heavy atom. The number of fused-ring (bicyclic) bond motifs is 1. The number of hydrogen-bond acceptors (Lipinski definition) is 7. The van der Waals surface area contributed by atoms with Crippen molar-refractivity contribution in [1.82, 2.24) is 40.5 Å². The zero-order chi connectivity index (χ0) is 36.2. The molecule has 1 amide bonds. The first-order valence-electron chi connectivity index (χ1n) is 14.9. The average molecular weight is 711 g/mol. The summed E-state index contributed by atoms with van der Waals surface area (Å²) in [4.78, 5) is 28.0. The smallest absolute Gasteiger partial charge is 0.475 e. The zero-order valence-corrected chi connectivity index (χ0v) is 25.6. The van der Waals surface area contributed by atoms with Crippen LogP contribution in [0.5, 0.6) is 0 Å². The molecule has 0 unspecified atom stereocenters. The minimum absolute atomic E-state index is 0.0129. The fourth-order valence-corrected chi connectivity index (χ4v) is 4.89. The van der Waals surface area contributed by atoms with Crippen LogP contribution in [0.25, 0.3) is 22.2 Å². The van der Waals surface area contributed by atoms with Crippen molar-refractivity contribution in [2.75, 3.05) is 0 Å². The Labute approximate surface area is 276 Å².